The van der Waals surface area contributed by atoms with Gasteiger partial charge in [0.25, 0.3) is 5.91 Å². The van der Waals surface area contributed by atoms with Crippen LogP contribution in [0.4, 0.5) is 5.69 Å². The molecule has 2 heterocycles. The first-order chi connectivity index (χ1) is 21.2. The molecule has 3 aromatic carbocycles. The summed E-state index contributed by atoms with van der Waals surface area (Å²) in [6.45, 7) is 5.65. The molecule has 222 valence electrons. The van der Waals surface area contributed by atoms with Gasteiger partial charge >= 0.3 is 0 Å². The van der Waals surface area contributed by atoms with E-state index >= 15 is 0 Å². The van der Waals surface area contributed by atoms with Gasteiger partial charge in [0, 0.05) is 55.6 Å². The molecule has 0 N–H and O–H groups in total. The quantitative estimate of drug-likeness (QED) is 0.199. The Morgan fingerprint density at radius 2 is 1.44 bits per heavy atom. The molecule has 6 rings (SSSR count). The first-order valence-corrected chi connectivity index (χ1v) is 16.1. The van der Waals surface area contributed by atoms with Gasteiger partial charge in [0.15, 0.2) is 0 Å². The van der Waals surface area contributed by atoms with E-state index in [4.69, 9.17) is 0 Å². The van der Waals surface area contributed by atoms with E-state index in [1.165, 1.54) is 30.4 Å². The Kier molecular flexibility index (Phi) is 9.81. The van der Waals surface area contributed by atoms with Crippen LogP contribution in [-0.4, -0.2) is 59.5 Å². The largest absolute Gasteiger partial charge is 0.369 e. The van der Waals surface area contributed by atoms with Gasteiger partial charge in [-0.05, 0) is 67.3 Å². The van der Waals surface area contributed by atoms with E-state index in [2.05, 4.69) is 98.5 Å². The van der Waals surface area contributed by atoms with Crippen LogP contribution in [0, 0.1) is 0 Å². The zero-order valence-electron chi connectivity index (χ0n) is 25.2. The summed E-state index contributed by atoms with van der Waals surface area (Å²) in [5.41, 5.74) is 5.67. The molecule has 5 nitrogen and oxygen atoms in total. The van der Waals surface area contributed by atoms with Crippen LogP contribution in [0.3, 0.4) is 0 Å². The van der Waals surface area contributed by atoms with Crippen molar-refractivity contribution in [3.05, 3.63) is 132 Å². The average Bonchev–Trinajstić information content (AvgIpc) is 3.09. The number of carbonyl (C=O) groups is 1. The molecular formula is C38H44N4O. The number of hydrogen-bond donors (Lipinski definition) is 0. The summed E-state index contributed by atoms with van der Waals surface area (Å²) in [6.07, 6.45) is 8.73. The Hall–Kier alpha value is -3.96. The minimum absolute atomic E-state index is 0.130. The number of aromatic nitrogens is 1. The summed E-state index contributed by atoms with van der Waals surface area (Å²) >= 11 is 0. The van der Waals surface area contributed by atoms with Crippen LogP contribution < -0.4 is 4.90 Å². The van der Waals surface area contributed by atoms with Crippen LogP contribution in [0.25, 0.3) is 0 Å². The van der Waals surface area contributed by atoms with Gasteiger partial charge in [-0.1, -0.05) is 92.1 Å². The Morgan fingerprint density at radius 1 is 0.767 bits per heavy atom. The number of amides is 1. The molecule has 0 bridgehead atoms. The topological polar surface area (TPSA) is 39.7 Å². The summed E-state index contributed by atoms with van der Waals surface area (Å²) in [5.74, 6) is 0.534. The Bertz CT molecular complexity index is 1370. The molecule has 0 unspecified atom stereocenters. The highest BCUT2D eigenvalue weighted by atomic mass is 16.2. The zero-order chi connectivity index (χ0) is 29.3. The third kappa shape index (κ3) is 7.52. The van der Waals surface area contributed by atoms with Crippen LogP contribution in [0.2, 0.25) is 0 Å². The first-order valence-electron chi connectivity index (χ1n) is 16.1. The van der Waals surface area contributed by atoms with E-state index in [9.17, 15) is 4.79 Å². The summed E-state index contributed by atoms with van der Waals surface area (Å²) in [4.78, 5) is 25.7. The monoisotopic (exact) mass is 572 g/mol. The normalized spacial score (nSPS) is 16.3. The summed E-state index contributed by atoms with van der Waals surface area (Å²) in [6, 6.07) is 36.4. The number of nitrogens with zero attached hydrogens (tertiary/aromatic N) is 4. The van der Waals surface area contributed by atoms with Gasteiger partial charge in [0.1, 0.15) is 0 Å². The van der Waals surface area contributed by atoms with Crippen molar-refractivity contribution >= 4 is 11.6 Å². The van der Waals surface area contributed by atoms with E-state index in [0.717, 1.165) is 68.9 Å². The molecule has 0 spiro atoms. The molecule has 43 heavy (non-hydrogen) atoms. The first kappa shape index (κ1) is 29.1. The van der Waals surface area contributed by atoms with Crippen molar-refractivity contribution in [2.75, 3.05) is 37.6 Å². The van der Waals surface area contributed by atoms with Crippen molar-refractivity contribution < 1.29 is 4.79 Å². The van der Waals surface area contributed by atoms with Crippen LogP contribution in [0.1, 0.15) is 71.6 Å². The molecule has 4 aromatic rings. The fourth-order valence-corrected chi connectivity index (χ4v) is 6.86. The zero-order valence-corrected chi connectivity index (χ0v) is 25.2. The highest BCUT2D eigenvalue weighted by molar-refractivity contribution is 5.95. The number of anilines is 1. The van der Waals surface area contributed by atoms with Crippen LogP contribution in [-0.2, 0) is 6.54 Å². The lowest BCUT2D eigenvalue weighted by Crippen LogP contribution is -2.47. The van der Waals surface area contributed by atoms with Crippen LogP contribution >= 0.6 is 0 Å². The lowest BCUT2D eigenvalue weighted by Gasteiger charge is -2.37. The van der Waals surface area contributed by atoms with E-state index in [0.29, 0.717) is 12.5 Å². The molecule has 2 aliphatic rings. The molecule has 1 amide bonds. The molecule has 5 heteroatoms. The van der Waals surface area contributed by atoms with Crippen molar-refractivity contribution in [3.8, 4) is 0 Å². The van der Waals surface area contributed by atoms with E-state index < -0.39 is 0 Å². The Balaban J connectivity index is 1.09. The van der Waals surface area contributed by atoms with Gasteiger partial charge in [0.05, 0.1) is 12.2 Å². The molecule has 1 saturated carbocycles. The van der Waals surface area contributed by atoms with Crippen molar-refractivity contribution in [2.45, 2.75) is 57.0 Å². The molecule has 0 atom stereocenters. The van der Waals surface area contributed by atoms with Gasteiger partial charge in [-0.2, -0.15) is 0 Å². The molecule has 1 aliphatic carbocycles. The summed E-state index contributed by atoms with van der Waals surface area (Å²) < 4.78 is 0. The van der Waals surface area contributed by atoms with Crippen LogP contribution in [0.5, 0.6) is 0 Å². The minimum atomic E-state index is 0.130. The Morgan fingerprint density at radius 3 is 2.09 bits per heavy atom. The molecule has 1 aliphatic heterocycles. The van der Waals surface area contributed by atoms with Gasteiger partial charge in [0.2, 0.25) is 0 Å². The van der Waals surface area contributed by atoms with E-state index in [1.807, 2.05) is 30.5 Å². The van der Waals surface area contributed by atoms with Crippen molar-refractivity contribution in [1.29, 1.82) is 0 Å². The van der Waals surface area contributed by atoms with E-state index in [-0.39, 0.29) is 11.9 Å². The maximum Gasteiger partial charge on any atom is 0.254 e. The number of rotatable bonds is 10. The lowest BCUT2D eigenvalue weighted by atomic mass is 9.88. The van der Waals surface area contributed by atoms with E-state index in [1.54, 1.807) is 0 Å². The average molecular weight is 573 g/mol. The lowest BCUT2D eigenvalue weighted by molar-refractivity contribution is 0.0611. The fourth-order valence-electron chi connectivity index (χ4n) is 6.86. The maximum absolute atomic E-state index is 14.0. The summed E-state index contributed by atoms with van der Waals surface area (Å²) in [7, 11) is 0. The van der Waals surface area contributed by atoms with Crippen molar-refractivity contribution in [1.82, 2.24) is 14.8 Å². The second-order valence-electron chi connectivity index (χ2n) is 12.1. The molecule has 1 saturated heterocycles. The molecule has 1 aromatic heterocycles. The Labute approximate surface area is 257 Å². The number of piperazine rings is 1. The minimum Gasteiger partial charge on any atom is -0.369 e. The van der Waals surface area contributed by atoms with Gasteiger partial charge in [-0.25, -0.2) is 0 Å². The van der Waals surface area contributed by atoms with Crippen molar-refractivity contribution in [3.63, 3.8) is 0 Å². The SMILES string of the molecule is O=C(c1cccc(N2CCN(CCC(c3ccccc3)c3ccccc3)CC2)c1)N(Cc1ccccn1)C1CCCCC1. The predicted molar refractivity (Wildman–Crippen MR) is 175 cm³/mol. The number of pyridine rings is 1. The summed E-state index contributed by atoms with van der Waals surface area (Å²) in [5, 5.41) is 0. The van der Waals surface area contributed by atoms with Crippen LogP contribution in [0.15, 0.2) is 109 Å². The van der Waals surface area contributed by atoms with Gasteiger partial charge in [-0.15, -0.1) is 0 Å². The van der Waals surface area contributed by atoms with Gasteiger partial charge < -0.3 is 9.80 Å². The third-order valence-electron chi connectivity index (χ3n) is 9.30. The molecular weight excluding hydrogens is 528 g/mol. The maximum atomic E-state index is 14.0. The smallest absolute Gasteiger partial charge is 0.254 e. The highest BCUT2D eigenvalue weighted by Crippen LogP contribution is 2.29. The predicted octanol–water partition coefficient (Wildman–Crippen LogP) is 7.40. The van der Waals surface area contributed by atoms with Crippen molar-refractivity contribution in [2.24, 2.45) is 0 Å². The second kappa shape index (κ2) is 14.5. The third-order valence-corrected chi connectivity index (χ3v) is 9.30. The molecule has 2 fully saturated rings. The van der Waals surface area contributed by atoms with Gasteiger partial charge in [-0.3, -0.25) is 14.7 Å². The second-order valence-corrected chi connectivity index (χ2v) is 12.1. The standard InChI is InChI=1S/C38H44N4O/c43-38(42(35-19-8-3-9-20-35)30-34-18-10-11-23-39-34)33-17-12-21-36(29-33)41-27-25-40(26-28-41)24-22-37(31-13-4-1-5-14-31)32-15-6-2-7-16-32/h1-2,4-7,10-18,21,23,29,35,37H,3,8-9,19-20,22,24-28,30H2. The fraction of sp³-hybridized carbons (Fsp3) is 0.368. The number of benzene rings is 3. The molecule has 0 radical (unpaired) electrons. The number of hydrogen-bond acceptors (Lipinski definition) is 4. The number of carbonyl (C=O) groups excluding carboxylic acids is 1. The highest BCUT2D eigenvalue weighted by Gasteiger charge is 2.28.